The standard InChI is InChI=1S/C12H24O2/c1-9(2)7-8-11(3,4)12(5,6)10-13-14-10/h9-10H,7-8H2,1-6H3. The molecule has 1 heterocycles. The molecule has 0 N–H and O–H groups in total. The minimum Gasteiger partial charge on any atom is -0.198 e. The van der Waals surface area contributed by atoms with E-state index >= 15 is 0 Å². The fraction of sp³-hybridized carbons (Fsp3) is 1.00. The zero-order valence-electron chi connectivity index (χ0n) is 10.4. The molecule has 0 bridgehead atoms. The van der Waals surface area contributed by atoms with Crippen LogP contribution >= 0.6 is 0 Å². The van der Waals surface area contributed by atoms with E-state index in [1.165, 1.54) is 12.8 Å². The van der Waals surface area contributed by atoms with Gasteiger partial charge in [-0.1, -0.05) is 48.0 Å². The van der Waals surface area contributed by atoms with Crippen LogP contribution in [0.3, 0.4) is 0 Å². The van der Waals surface area contributed by atoms with Gasteiger partial charge in [0.1, 0.15) is 0 Å². The Labute approximate surface area is 87.9 Å². The summed E-state index contributed by atoms with van der Waals surface area (Å²) >= 11 is 0. The highest BCUT2D eigenvalue weighted by Crippen LogP contribution is 2.50. The first-order valence-corrected chi connectivity index (χ1v) is 5.59. The van der Waals surface area contributed by atoms with Gasteiger partial charge in [-0.25, -0.2) is 0 Å². The normalized spacial score (nSPS) is 19.1. The molecular formula is C12H24O2. The van der Waals surface area contributed by atoms with Gasteiger partial charge in [-0.15, -0.1) is 0 Å². The van der Waals surface area contributed by atoms with Crippen LogP contribution in [-0.4, -0.2) is 6.29 Å². The van der Waals surface area contributed by atoms with Crippen LogP contribution < -0.4 is 0 Å². The average Bonchev–Trinajstić information content (AvgIpc) is 2.82. The van der Waals surface area contributed by atoms with Gasteiger partial charge >= 0.3 is 0 Å². The second-order valence-corrected chi connectivity index (χ2v) is 6.06. The highest BCUT2D eigenvalue weighted by Gasteiger charge is 2.51. The molecule has 0 saturated carbocycles. The van der Waals surface area contributed by atoms with Crippen LogP contribution in [0.4, 0.5) is 0 Å². The van der Waals surface area contributed by atoms with Crippen LogP contribution in [0.25, 0.3) is 0 Å². The second kappa shape index (κ2) is 3.82. The molecule has 1 aliphatic rings. The Hall–Kier alpha value is -0.0800. The van der Waals surface area contributed by atoms with Gasteiger partial charge in [0.2, 0.25) is 6.29 Å². The van der Waals surface area contributed by atoms with Gasteiger partial charge in [-0.3, -0.25) is 0 Å². The molecule has 0 aromatic carbocycles. The number of hydrogen-bond donors (Lipinski definition) is 0. The first-order valence-electron chi connectivity index (χ1n) is 5.59. The Balaban J connectivity index is 2.53. The summed E-state index contributed by atoms with van der Waals surface area (Å²) in [6, 6.07) is 0. The number of rotatable bonds is 5. The van der Waals surface area contributed by atoms with Crippen molar-refractivity contribution in [2.24, 2.45) is 16.7 Å². The van der Waals surface area contributed by atoms with Gasteiger partial charge in [0, 0.05) is 5.41 Å². The van der Waals surface area contributed by atoms with E-state index in [4.69, 9.17) is 9.78 Å². The fourth-order valence-electron chi connectivity index (χ4n) is 1.56. The molecule has 1 aliphatic heterocycles. The van der Waals surface area contributed by atoms with Crippen molar-refractivity contribution in [1.29, 1.82) is 0 Å². The molecular weight excluding hydrogens is 176 g/mol. The van der Waals surface area contributed by atoms with Crippen molar-refractivity contribution in [3.05, 3.63) is 0 Å². The van der Waals surface area contributed by atoms with E-state index in [0.29, 0.717) is 0 Å². The minimum absolute atomic E-state index is 0.00432. The molecule has 1 rings (SSSR count). The van der Waals surface area contributed by atoms with Crippen molar-refractivity contribution in [2.75, 3.05) is 0 Å². The van der Waals surface area contributed by atoms with Gasteiger partial charge in [-0.2, -0.15) is 9.78 Å². The van der Waals surface area contributed by atoms with Crippen molar-refractivity contribution < 1.29 is 9.78 Å². The van der Waals surface area contributed by atoms with E-state index in [1.807, 2.05) is 0 Å². The third-order valence-electron chi connectivity index (χ3n) is 3.87. The van der Waals surface area contributed by atoms with E-state index in [0.717, 1.165) is 5.92 Å². The number of hydrogen-bond acceptors (Lipinski definition) is 2. The van der Waals surface area contributed by atoms with Crippen LogP contribution in [0.2, 0.25) is 0 Å². The summed E-state index contributed by atoms with van der Waals surface area (Å²) in [7, 11) is 0. The van der Waals surface area contributed by atoms with Crippen molar-refractivity contribution in [3.63, 3.8) is 0 Å². The van der Waals surface area contributed by atoms with Crippen molar-refractivity contribution >= 4 is 0 Å². The van der Waals surface area contributed by atoms with Crippen LogP contribution in [-0.2, 0) is 9.78 Å². The minimum atomic E-state index is 0.00432. The quantitative estimate of drug-likeness (QED) is 0.498. The summed E-state index contributed by atoms with van der Waals surface area (Å²) in [6.07, 6.45) is 2.49. The Morgan fingerprint density at radius 3 is 1.93 bits per heavy atom. The van der Waals surface area contributed by atoms with Gasteiger partial charge in [-0.05, 0) is 17.8 Å². The van der Waals surface area contributed by atoms with Gasteiger partial charge in [0.05, 0.1) is 0 Å². The smallest absolute Gasteiger partial charge is 0.198 e. The molecule has 14 heavy (non-hydrogen) atoms. The monoisotopic (exact) mass is 200 g/mol. The molecule has 2 nitrogen and oxygen atoms in total. The SMILES string of the molecule is CC(C)CCC(C)(C)C(C)(C)C1OO1. The lowest BCUT2D eigenvalue weighted by Gasteiger charge is -2.39. The predicted octanol–water partition coefficient (Wildman–Crippen LogP) is 3.76. The molecule has 0 amide bonds. The van der Waals surface area contributed by atoms with Crippen molar-refractivity contribution in [2.45, 2.75) is 60.7 Å². The zero-order chi connectivity index (χ0) is 11.0. The summed E-state index contributed by atoms with van der Waals surface area (Å²) in [4.78, 5) is 9.93. The lowest BCUT2D eigenvalue weighted by atomic mass is 9.65. The molecule has 0 spiro atoms. The second-order valence-electron chi connectivity index (χ2n) is 6.06. The highest BCUT2D eigenvalue weighted by molar-refractivity contribution is 4.90. The Morgan fingerprint density at radius 1 is 1.07 bits per heavy atom. The molecule has 0 radical (unpaired) electrons. The zero-order valence-corrected chi connectivity index (χ0v) is 10.4. The molecule has 84 valence electrons. The first kappa shape index (κ1) is 12.0. The molecule has 1 fully saturated rings. The van der Waals surface area contributed by atoms with Gasteiger partial charge < -0.3 is 0 Å². The average molecular weight is 200 g/mol. The van der Waals surface area contributed by atoms with E-state index in [-0.39, 0.29) is 17.1 Å². The maximum atomic E-state index is 4.97. The summed E-state index contributed by atoms with van der Waals surface area (Å²) in [5.74, 6) is 0.770. The van der Waals surface area contributed by atoms with E-state index in [1.54, 1.807) is 0 Å². The highest BCUT2D eigenvalue weighted by atomic mass is 17.4. The van der Waals surface area contributed by atoms with Crippen LogP contribution in [0.5, 0.6) is 0 Å². The van der Waals surface area contributed by atoms with Crippen molar-refractivity contribution in [3.8, 4) is 0 Å². The lowest BCUT2D eigenvalue weighted by molar-refractivity contribution is 0.0569. The van der Waals surface area contributed by atoms with Crippen LogP contribution in [0, 0.1) is 16.7 Å². The Kier molecular flexibility index (Phi) is 3.27. The van der Waals surface area contributed by atoms with E-state index in [2.05, 4.69) is 41.5 Å². The molecule has 0 aliphatic carbocycles. The Morgan fingerprint density at radius 2 is 1.57 bits per heavy atom. The third-order valence-corrected chi connectivity index (χ3v) is 3.87. The molecule has 0 atom stereocenters. The molecule has 1 saturated heterocycles. The topological polar surface area (TPSA) is 25.1 Å². The van der Waals surface area contributed by atoms with Gasteiger partial charge in [0.15, 0.2) is 0 Å². The molecule has 0 aromatic heterocycles. The van der Waals surface area contributed by atoms with E-state index < -0.39 is 0 Å². The molecule has 0 aromatic rings. The van der Waals surface area contributed by atoms with Crippen molar-refractivity contribution in [1.82, 2.24) is 0 Å². The maximum absolute atomic E-state index is 4.97. The summed E-state index contributed by atoms with van der Waals surface area (Å²) in [5.41, 5.74) is 0.361. The van der Waals surface area contributed by atoms with Gasteiger partial charge in [0.25, 0.3) is 0 Å². The fourth-order valence-corrected chi connectivity index (χ4v) is 1.56. The summed E-state index contributed by atoms with van der Waals surface area (Å²) < 4.78 is 0. The maximum Gasteiger partial charge on any atom is 0.230 e. The Bertz CT molecular complexity index is 190. The summed E-state index contributed by atoms with van der Waals surface area (Å²) in [5, 5.41) is 0. The largest absolute Gasteiger partial charge is 0.230 e. The van der Waals surface area contributed by atoms with E-state index in [9.17, 15) is 0 Å². The van der Waals surface area contributed by atoms with Crippen LogP contribution in [0.15, 0.2) is 0 Å². The lowest BCUT2D eigenvalue weighted by Crippen LogP contribution is -2.37. The predicted molar refractivity (Wildman–Crippen MR) is 57.6 cm³/mol. The summed E-state index contributed by atoms with van der Waals surface area (Å²) in [6.45, 7) is 13.6. The first-order chi connectivity index (χ1) is 6.27. The third kappa shape index (κ3) is 2.48. The van der Waals surface area contributed by atoms with Crippen LogP contribution in [0.1, 0.15) is 54.4 Å². The molecule has 0 unspecified atom stereocenters. The molecule has 2 heteroatoms.